The van der Waals surface area contributed by atoms with E-state index in [1.165, 1.54) is 0 Å². The molecule has 1 aromatic rings. The minimum atomic E-state index is -0.794. The second-order valence-electron chi connectivity index (χ2n) is 4.33. The highest BCUT2D eigenvalue weighted by Gasteiger charge is 2.22. The molecule has 19 heavy (non-hydrogen) atoms. The van der Waals surface area contributed by atoms with Crippen LogP contribution in [0.25, 0.3) is 0 Å². The summed E-state index contributed by atoms with van der Waals surface area (Å²) in [4.78, 5) is 13.1. The van der Waals surface area contributed by atoms with E-state index in [0.717, 1.165) is 11.3 Å². The molecular weight excluding hydrogens is 242 g/mol. The van der Waals surface area contributed by atoms with Crippen molar-refractivity contribution in [3.63, 3.8) is 0 Å². The van der Waals surface area contributed by atoms with Crippen LogP contribution in [0.2, 0.25) is 0 Å². The average molecular weight is 263 g/mol. The van der Waals surface area contributed by atoms with E-state index in [0.29, 0.717) is 19.5 Å². The third-order valence-electron chi connectivity index (χ3n) is 3.02. The van der Waals surface area contributed by atoms with Gasteiger partial charge in [-0.25, -0.2) is 0 Å². The number of ether oxygens (including phenoxy) is 1. The SMILES string of the molecule is C=CCN(Cc1ccc(OC)cc1)C(CC)C(=O)O. The smallest absolute Gasteiger partial charge is 0.320 e. The Kier molecular flexibility index (Phi) is 6.09. The summed E-state index contributed by atoms with van der Waals surface area (Å²) in [5, 5.41) is 9.23. The van der Waals surface area contributed by atoms with E-state index in [2.05, 4.69) is 6.58 Å². The molecule has 104 valence electrons. The van der Waals surface area contributed by atoms with Gasteiger partial charge in [0.25, 0.3) is 0 Å². The Morgan fingerprint density at radius 2 is 2.11 bits per heavy atom. The number of nitrogens with zero attached hydrogens (tertiary/aromatic N) is 1. The number of carboxylic acids is 1. The molecule has 0 amide bonds. The van der Waals surface area contributed by atoms with Gasteiger partial charge in [-0.3, -0.25) is 9.69 Å². The summed E-state index contributed by atoms with van der Waals surface area (Å²) >= 11 is 0. The molecule has 0 fully saturated rings. The molecule has 0 aliphatic heterocycles. The molecule has 1 aromatic carbocycles. The predicted molar refractivity (Wildman–Crippen MR) is 75.3 cm³/mol. The Hall–Kier alpha value is -1.81. The van der Waals surface area contributed by atoms with E-state index >= 15 is 0 Å². The summed E-state index contributed by atoms with van der Waals surface area (Å²) in [5.74, 6) is 0.00200. The first-order valence-electron chi connectivity index (χ1n) is 6.33. The molecule has 0 aliphatic carbocycles. The maximum atomic E-state index is 11.2. The van der Waals surface area contributed by atoms with Crippen molar-refractivity contribution >= 4 is 5.97 Å². The van der Waals surface area contributed by atoms with Crippen molar-refractivity contribution in [1.29, 1.82) is 0 Å². The molecule has 0 saturated heterocycles. The van der Waals surface area contributed by atoms with Crippen LogP contribution < -0.4 is 4.74 Å². The lowest BCUT2D eigenvalue weighted by Crippen LogP contribution is -2.40. The fourth-order valence-electron chi connectivity index (χ4n) is 2.02. The second kappa shape index (κ2) is 7.59. The highest BCUT2D eigenvalue weighted by atomic mass is 16.5. The molecule has 0 bridgehead atoms. The van der Waals surface area contributed by atoms with Crippen LogP contribution in [0, 0.1) is 0 Å². The van der Waals surface area contributed by atoms with Crippen LogP contribution in [0.3, 0.4) is 0 Å². The van der Waals surface area contributed by atoms with Gasteiger partial charge in [-0.15, -0.1) is 6.58 Å². The van der Waals surface area contributed by atoms with Gasteiger partial charge in [0.2, 0.25) is 0 Å². The molecule has 4 heteroatoms. The van der Waals surface area contributed by atoms with Gasteiger partial charge in [-0.2, -0.15) is 0 Å². The van der Waals surface area contributed by atoms with Gasteiger partial charge in [0.05, 0.1) is 7.11 Å². The Morgan fingerprint density at radius 3 is 2.53 bits per heavy atom. The van der Waals surface area contributed by atoms with E-state index < -0.39 is 12.0 Å². The number of benzene rings is 1. The van der Waals surface area contributed by atoms with Gasteiger partial charge in [-0.05, 0) is 24.1 Å². The topological polar surface area (TPSA) is 49.8 Å². The van der Waals surface area contributed by atoms with Gasteiger partial charge in [0.15, 0.2) is 0 Å². The van der Waals surface area contributed by atoms with Crippen molar-refractivity contribution in [2.24, 2.45) is 0 Å². The Balaban J connectivity index is 2.81. The molecule has 1 N–H and O–H groups in total. The molecular formula is C15H21NO3. The van der Waals surface area contributed by atoms with Gasteiger partial charge >= 0.3 is 5.97 Å². The van der Waals surface area contributed by atoms with E-state index in [1.54, 1.807) is 13.2 Å². The van der Waals surface area contributed by atoms with Crippen LogP contribution >= 0.6 is 0 Å². The summed E-state index contributed by atoms with van der Waals surface area (Å²) < 4.78 is 5.10. The molecule has 0 aliphatic rings. The zero-order chi connectivity index (χ0) is 14.3. The minimum absolute atomic E-state index is 0.486. The van der Waals surface area contributed by atoms with Crippen LogP contribution in [0.1, 0.15) is 18.9 Å². The summed E-state index contributed by atoms with van der Waals surface area (Å²) in [6.07, 6.45) is 2.30. The van der Waals surface area contributed by atoms with Gasteiger partial charge in [-0.1, -0.05) is 25.1 Å². The van der Waals surface area contributed by atoms with Crippen molar-refractivity contribution in [3.8, 4) is 5.75 Å². The number of carboxylic acid groups (broad SMARTS) is 1. The molecule has 0 radical (unpaired) electrons. The molecule has 0 aromatic heterocycles. The summed E-state index contributed by atoms with van der Waals surface area (Å²) in [5.41, 5.74) is 1.06. The summed E-state index contributed by atoms with van der Waals surface area (Å²) in [7, 11) is 1.62. The first kappa shape index (κ1) is 15.2. The molecule has 1 unspecified atom stereocenters. The van der Waals surface area contributed by atoms with Crippen molar-refractivity contribution < 1.29 is 14.6 Å². The van der Waals surface area contributed by atoms with Crippen LogP contribution in [-0.4, -0.2) is 35.7 Å². The molecule has 0 spiro atoms. The first-order valence-corrected chi connectivity index (χ1v) is 6.33. The number of rotatable bonds is 8. The molecule has 1 atom stereocenters. The van der Waals surface area contributed by atoms with E-state index in [4.69, 9.17) is 4.74 Å². The van der Waals surface area contributed by atoms with Crippen LogP contribution in [0.5, 0.6) is 5.75 Å². The lowest BCUT2D eigenvalue weighted by molar-refractivity contribution is -0.143. The average Bonchev–Trinajstić information content (AvgIpc) is 2.40. The number of aliphatic carboxylic acids is 1. The van der Waals surface area contributed by atoms with E-state index in [1.807, 2.05) is 36.1 Å². The van der Waals surface area contributed by atoms with Crippen LogP contribution in [-0.2, 0) is 11.3 Å². The van der Waals surface area contributed by atoms with Crippen LogP contribution in [0.15, 0.2) is 36.9 Å². The van der Waals surface area contributed by atoms with E-state index in [-0.39, 0.29) is 0 Å². The number of methoxy groups -OCH3 is 1. The van der Waals surface area contributed by atoms with Crippen LogP contribution in [0.4, 0.5) is 0 Å². The normalized spacial score (nSPS) is 12.2. The third kappa shape index (κ3) is 4.41. The molecule has 0 heterocycles. The Bertz CT molecular complexity index is 414. The van der Waals surface area contributed by atoms with Crippen molar-refractivity contribution in [2.45, 2.75) is 25.9 Å². The van der Waals surface area contributed by atoms with Crippen molar-refractivity contribution in [2.75, 3.05) is 13.7 Å². The minimum Gasteiger partial charge on any atom is -0.497 e. The standard InChI is InChI=1S/C15H21NO3/c1-4-10-16(14(5-2)15(17)18)11-12-6-8-13(19-3)9-7-12/h4,6-9,14H,1,5,10-11H2,2-3H3,(H,17,18). The molecule has 0 saturated carbocycles. The predicted octanol–water partition coefficient (Wildman–Crippen LogP) is 2.55. The summed E-state index contributed by atoms with van der Waals surface area (Å²) in [6.45, 7) is 6.71. The summed E-state index contributed by atoms with van der Waals surface area (Å²) in [6, 6.07) is 7.17. The van der Waals surface area contributed by atoms with E-state index in [9.17, 15) is 9.90 Å². The van der Waals surface area contributed by atoms with Gasteiger partial charge in [0.1, 0.15) is 11.8 Å². The fraction of sp³-hybridized carbons (Fsp3) is 0.400. The fourth-order valence-corrected chi connectivity index (χ4v) is 2.02. The second-order valence-corrected chi connectivity index (χ2v) is 4.33. The lowest BCUT2D eigenvalue weighted by atomic mass is 10.1. The van der Waals surface area contributed by atoms with Crippen molar-refractivity contribution in [3.05, 3.63) is 42.5 Å². The first-order chi connectivity index (χ1) is 9.12. The lowest BCUT2D eigenvalue weighted by Gasteiger charge is -2.27. The van der Waals surface area contributed by atoms with Gasteiger partial charge in [0, 0.05) is 13.1 Å². The number of hydrogen-bond acceptors (Lipinski definition) is 3. The Labute approximate surface area is 114 Å². The zero-order valence-corrected chi connectivity index (χ0v) is 11.5. The quantitative estimate of drug-likeness (QED) is 0.732. The maximum Gasteiger partial charge on any atom is 0.320 e. The molecule has 1 rings (SSSR count). The maximum absolute atomic E-state index is 11.2. The zero-order valence-electron chi connectivity index (χ0n) is 11.5. The number of carbonyl (C=O) groups is 1. The molecule has 4 nitrogen and oxygen atoms in total. The van der Waals surface area contributed by atoms with Gasteiger partial charge < -0.3 is 9.84 Å². The largest absolute Gasteiger partial charge is 0.497 e. The Morgan fingerprint density at radius 1 is 1.47 bits per heavy atom. The third-order valence-corrected chi connectivity index (χ3v) is 3.02. The highest BCUT2D eigenvalue weighted by molar-refractivity contribution is 5.73. The van der Waals surface area contributed by atoms with Crippen molar-refractivity contribution in [1.82, 2.24) is 4.90 Å². The highest BCUT2D eigenvalue weighted by Crippen LogP contribution is 2.15. The monoisotopic (exact) mass is 263 g/mol. The number of hydrogen-bond donors (Lipinski definition) is 1.